The second-order valence-corrected chi connectivity index (χ2v) is 6.63. The van der Waals surface area contributed by atoms with Crippen LogP contribution in [-0.2, 0) is 11.2 Å². The molecule has 0 aromatic heterocycles. The molecule has 0 bridgehead atoms. The van der Waals surface area contributed by atoms with Crippen LogP contribution in [0, 0.1) is 5.92 Å². The number of amides is 1. The number of carbonyl (C=O) groups is 1. The summed E-state index contributed by atoms with van der Waals surface area (Å²) >= 11 is 0. The van der Waals surface area contributed by atoms with Crippen LogP contribution in [0.3, 0.4) is 0 Å². The fourth-order valence-electron chi connectivity index (χ4n) is 3.13. The summed E-state index contributed by atoms with van der Waals surface area (Å²) in [7, 11) is 5.38. The van der Waals surface area contributed by atoms with Crippen LogP contribution >= 0.6 is 0 Å². The summed E-state index contributed by atoms with van der Waals surface area (Å²) in [5.74, 6) is 1.80. The number of piperidine rings is 1. The minimum atomic E-state index is 0.138. The van der Waals surface area contributed by atoms with Gasteiger partial charge < -0.3 is 15.1 Å². The summed E-state index contributed by atoms with van der Waals surface area (Å²) in [4.78, 5) is 19.9. The van der Waals surface area contributed by atoms with Crippen LogP contribution < -0.4 is 5.32 Å². The summed E-state index contributed by atoms with van der Waals surface area (Å²) in [5.41, 5.74) is 1.43. The van der Waals surface area contributed by atoms with E-state index in [1.54, 1.807) is 19.0 Å². The quantitative estimate of drug-likeness (QED) is 0.663. The predicted octanol–water partition coefficient (Wildman–Crippen LogP) is 1.99. The molecule has 1 aliphatic rings. The van der Waals surface area contributed by atoms with Gasteiger partial charge in [-0.1, -0.05) is 30.3 Å². The molecule has 1 aromatic carbocycles. The number of guanidine groups is 1. The first-order valence-corrected chi connectivity index (χ1v) is 8.80. The van der Waals surface area contributed by atoms with Crippen molar-refractivity contribution in [1.82, 2.24) is 15.1 Å². The number of rotatable bonds is 5. The van der Waals surface area contributed by atoms with E-state index in [9.17, 15) is 4.79 Å². The van der Waals surface area contributed by atoms with Gasteiger partial charge in [0.05, 0.1) is 0 Å². The van der Waals surface area contributed by atoms with Gasteiger partial charge >= 0.3 is 0 Å². The molecule has 0 unspecified atom stereocenters. The molecule has 2 rings (SSSR count). The summed E-state index contributed by atoms with van der Waals surface area (Å²) in [6.45, 7) is 2.69. The van der Waals surface area contributed by atoms with Crippen molar-refractivity contribution in [2.75, 3.05) is 40.8 Å². The highest BCUT2D eigenvalue weighted by molar-refractivity contribution is 5.81. The number of benzene rings is 1. The third-order valence-corrected chi connectivity index (χ3v) is 4.61. The first kappa shape index (κ1) is 18.3. The van der Waals surface area contributed by atoms with Gasteiger partial charge in [0.15, 0.2) is 5.96 Å². The van der Waals surface area contributed by atoms with Crippen LogP contribution in [0.25, 0.3) is 0 Å². The zero-order valence-electron chi connectivity index (χ0n) is 15.2. The van der Waals surface area contributed by atoms with Gasteiger partial charge in [0, 0.05) is 47.2 Å². The molecule has 5 heteroatoms. The Labute approximate surface area is 145 Å². The Morgan fingerprint density at radius 2 is 1.92 bits per heavy atom. The molecule has 0 spiro atoms. The van der Waals surface area contributed by atoms with E-state index < -0.39 is 0 Å². The van der Waals surface area contributed by atoms with E-state index in [1.165, 1.54) is 18.4 Å². The molecule has 1 fully saturated rings. The maximum absolute atomic E-state index is 11.6. The highest BCUT2D eigenvalue weighted by Crippen LogP contribution is 2.21. The minimum absolute atomic E-state index is 0.138. The zero-order valence-corrected chi connectivity index (χ0v) is 15.2. The van der Waals surface area contributed by atoms with Crippen LogP contribution in [0.2, 0.25) is 0 Å². The maximum atomic E-state index is 11.6. The molecule has 24 heavy (non-hydrogen) atoms. The lowest BCUT2D eigenvalue weighted by molar-refractivity contribution is -0.128. The Hall–Kier alpha value is -2.04. The van der Waals surface area contributed by atoms with E-state index in [2.05, 4.69) is 45.5 Å². The first-order chi connectivity index (χ1) is 11.6. The maximum Gasteiger partial charge on any atom is 0.223 e. The highest BCUT2D eigenvalue weighted by atomic mass is 16.2. The molecule has 0 atom stereocenters. The highest BCUT2D eigenvalue weighted by Gasteiger charge is 2.21. The fourth-order valence-corrected chi connectivity index (χ4v) is 3.13. The fraction of sp³-hybridized carbons (Fsp3) is 0.579. The standard InChI is InChI=1S/C19H30N4O/c1-20-19(21-12-9-18(24)22(2)3)23-13-10-17(11-14-23)15-16-7-5-4-6-8-16/h4-8,17H,9-15H2,1-3H3,(H,20,21). The minimum Gasteiger partial charge on any atom is -0.356 e. The van der Waals surface area contributed by atoms with Crippen LogP contribution in [0.4, 0.5) is 0 Å². The molecule has 1 aromatic rings. The molecule has 1 saturated heterocycles. The number of hydrogen-bond acceptors (Lipinski definition) is 2. The number of hydrogen-bond donors (Lipinski definition) is 1. The molecule has 1 amide bonds. The number of nitrogens with one attached hydrogen (secondary N) is 1. The lowest BCUT2D eigenvalue weighted by Crippen LogP contribution is -2.46. The average molecular weight is 330 g/mol. The zero-order chi connectivity index (χ0) is 17.4. The van der Waals surface area contributed by atoms with Crippen molar-refractivity contribution in [1.29, 1.82) is 0 Å². The molecule has 5 nitrogen and oxygen atoms in total. The third-order valence-electron chi connectivity index (χ3n) is 4.61. The van der Waals surface area contributed by atoms with Crippen molar-refractivity contribution in [3.8, 4) is 0 Å². The normalized spacial score (nSPS) is 16.1. The van der Waals surface area contributed by atoms with Gasteiger partial charge in [-0.25, -0.2) is 0 Å². The van der Waals surface area contributed by atoms with E-state index in [-0.39, 0.29) is 5.91 Å². The van der Waals surface area contributed by atoms with E-state index in [0.717, 1.165) is 31.4 Å². The van der Waals surface area contributed by atoms with Crippen molar-refractivity contribution in [2.45, 2.75) is 25.7 Å². The molecule has 1 aliphatic heterocycles. The largest absolute Gasteiger partial charge is 0.356 e. The summed E-state index contributed by atoms with van der Waals surface area (Å²) in [6, 6.07) is 10.7. The van der Waals surface area contributed by atoms with Crippen molar-refractivity contribution in [3.63, 3.8) is 0 Å². The lowest BCUT2D eigenvalue weighted by atomic mass is 9.90. The second kappa shape index (κ2) is 9.30. The van der Waals surface area contributed by atoms with Crippen molar-refractivity contribution >= 4 is 11.9 Å². The number of likely N-dealkylation sites (tertiary alicyclic amines) is 1. The predicted molar refractivity (Wildman–Crippen MR) is 99.1 cm³/mol. The van der Waals surface area contributed by atoms with Crippen LogP contribution in [0.15, 0.2) is 35.3 Å². The van der Waals surface area contributed by atoms with Gasteiger partial charge in [-0.15, -0.1) is 0 Å². The monoisotopic (exact) mass is 330 g/mol. The second-order valence-electron chi connectivity index (χ2n) is 6.63. The molecule has 0 radical (unpaired) electrons. The van der Waals surface area contributed by atoms with E-state index in [4.69, 9.17) is 0 Å². The van der Waals surface area contributed by atoms with Crippen molar-refractivity contribution < 1.29 is 4.79 Å². The van der Waals surface area contributed by atoms with Crippen LogP contribution in [0.5, 0.6) is 0 Å². The average Bonchev–Trinajstić information content (AvgIpc) is 2.60. The molecular weight excluding hydrogens is 300 g/mol. The Morgan fingerprint density at radius 1 is 1.25 bits per heavy atom. The molecule has 0 saturated carbocycles. The van der Waals surface area contributed by atoms with Gasteiger partial charge in [0.2, 0.25) is 5.91 Å². The third kappa shape index (κ3) is 5.55. The summed E-state index contributed by atoms with van der Waals surface area (Å²) < 4.78 is 0. The summed E-state index contributed by atoms with van der Waals surface area (Å²) in [6.07, 6.45) is 4.03. The number of carbonyl (C=O) groups excluding carboxylic acids is 1. The molecule has 1 heterocycles. The van der Waals surface area contributed by atoms with Crippen molar-refractivity contribution in [3.05, 3.63) is 35.9 Å². The van der Waals surface area contributed by atoms with Crippen LogP contribution in [0.1, 0.15) is 24.8 Å². The molecule has 0 aliphatic carbocycles. The van der Waals surface area contributed by atoms with Crippen molar-refractivity contribution in [2.24, 2.45) is 10.9 Å². The van der Waals surface area contributed by atoms with Gasteiger partial charge in [0.1, 0.15) is 0 Å². The molecule has 1 N–H and O–H groups in total. The van der Waals surface area contributed by atoms with Gasteiger partial charge in [-0.3, -0.25) is 9.79 Å². The van der Waals surface area contributed by atoms with E-state index in [0.29, 0.717) is 13.0 Å². The van der Waals surface area contributed by atoms with Gasteiger partial charge in [-0.05, 0) is 30.7 Å². The smallest absolute Gasteiger partial charge is 0.223 e. The first-order valence-electron chi connectivity index (χ1n) is 8.80. The Balaban J connectivity index is 1.74. The van der Waals surface area contributed by atoms with E-state index in [1.807, 2.05) is 7.05 Å². The summed E-state index contributed by atoms with van der Waals surface area (Å²) in [5, 5.41) is 3.32. The number of aliphatic imine (C=N–C) groups is 1. The molecule has 132 valence electrons. The van der Waals surface area contributed by atoms with Gasteiger partial charge in [0.25, 0.3) is 0 Å². The van der Waals surface area contributed by atoms with E-state index >= 15 is 0 Å². The lowest BCUT2D eigenvalue weighted by Gasteiger charge is -2.34. The van der Waals surface area contributed by atoms with Gasteiger partial charge in [-0.2, -0.15) is 0 Å². The SMILES string of the molecule is CN=C(NCCC(=O)N(C)C)N1CCC(Cc2ccccc2)CC1. The topological polar surface area (TPSA) is 47.9 Å². The Morgan fingerprint density at radius 3 is 2.50 bits per heavy atom. The van der Waals surface area contributed by atoms with Crippen LogP contribution in [-0.4, -0.2) is 62.4 Å². The number of nitrogens with zero attached hydrogens (tertiary/aromatic N) is 3. The molecular formula is C19H30N4O. The Bertz CT molecular complexity index is 534. The Kier molecular flexibility index (Phi) is 7.09.